The predicted octanol–water partition coefficient (Wildman–Crippen LogP) is 4.16. The Balaban J connectivity index is 1.43. The molecule has 3 heterocycles. The topological polar surface area (TPSA) is 55.7 Å². The van der Waals surface area contributed by atoms with Gasteiger partial charge in [-0.05, 0) is 49.4 Å². The fourth-order valence-corrected chi connectivity index (χ4v) is 5.56. The van der Waals surface area contributed by atoms with E-state index in [2.05, 4.69) is 45.3 Å². The molecule has 6 nitrogen and oxygen atoms in total. The fraction of sp³-hybridized carbons (Fsp3) is 0.458. The summed E-state index contributed by atoms with van der Waals surface area (Å²) in [5.41, 5.74) is 2.93. The third kappa shape index (κ3) is 3.97. The molecule has 1 aromatic carbocycles. The summed E-state index contributed by atoms with van der Waals surface area (Å²) < 4.78 is 13.3. The number of fused-ring (bicyclic) bond motifs is 1. The number of ether oxygens (including phenoxy) is 2. The van der Waals surface area contributed by atoms with E-state index in [-0.39, 0.29) is 11.9 Å². The number of carbonyl (C=O) groups excluding carboxylic acids is 1. The van der Waals surface area contributed by atoms with E-state index in [9.17, 15) is 4.79 Å². The predicted molar refractivity (Wildman–Crippen MR) is 123 cm³/mol. The molecule has 0 radical (unpaired) electrons. The lowest BCUT2D eigenvalue weighted by Gasteiger charge is -2.34. The highest BCUT2D eigenvalue weighted by atomic mass is 32.1. The monoisotopic (exact) mass is 439 g/mol. The molecule has 2 aromatic heterocycles. The minimum absolute atomic E-state index is 0.00929. The van der Waals surface area contributed by atoms with Gasteiger partial charge in [-0.3, -0.25) is 9.69 Å². The van der Waals surface area contributed by atoms with Crippen molar-refractivity contribution in [1.29, 1.82) is 0 Å². The first-order valence-electron chi connectivity index (χ1n) is 11.0. The number of benzene rings is 1. The molecule has 1 aliphatic heterocycles. The summed E-state index contributed by atoms with van der Waals surface area (Å²) in [6, 6.07) is 11.0. The standard InChI is InChI=1S/C24H29N3O3S/c1-16-23(19-14-18(29-2)7-8-20(19)27(16)17-5-6-17)24(28)25-15-21(22-4-3-13-31-22)26-9-11-30-12-10-26/h3-4,7-8,13-14,17,21H,5-6,9-12,15H2,1-2H3,(H,25,28)/t21-/m1/s1. The average molecular weight is 440 g/mol. The highest BCUT2D eigenvalue weighted by Gasteiger charge is 2.31. The van der Waals surface area contributed by atoms with Gasteiger partial charge in [0.2, 0.25) is 0 Å². The zero-order chi connectivity index (χ0) is 21.4. The van der Waals surface area contributed by atoms with Crippen LogP contribution in [0.1, 0.15) is 45.9 Å². The molecule has 1 saturated carbocycles. The molecule has 164 valence electrons. The second kappa shape index (κ2) is 8.65. The number of methoxy groups -OCH3 is 1. The Kier molecular flexibility index (Phi) is 5.73. The van der Waals surface area contributed by atoms with E-state index < -0.39 is 0 Å². The molecule has 2 fully saturated rings. The van der Waals surface area contributed by atoms with Crippen molar-refractivity contribution < 1.29 is 14.3 Å². The van der Waals surface area contributed by atoms with Gasteiger partial charge in [-0.1, -0.05) is 6.07 Å². The fourth-order valence-electron chi connectivity index (χ4n) is 4.70. The maximum absolute atomic E-state index is 13.5. The number of morpholine rings is 1. The van der Waals surface area contributed by atoms with Crippen LogP contribution in [0, 0.1) is 6.92 Å². The summed E-state index contributed by atoms with van der Waals surface area (Å²) in [7, 11) is 1.67. The largest absolute Gasteiger partial charge is 0.497 e. The molecule has 1 N–H and O–H groups in total. The summed E-state index contributed by atoms with van der Waals surface area (Å²) >= 11 is 1.74. The lowest BCUT2D eigenvalue weighted by Crippen LogP contribution is -2.43. The SMILES string of the molecule is COc1ccc2c(c1)c(C(=O)NC[C@H](c1cccs1)N1CCOCC1)c(C)n2C1CC1. The maximum atomic E-state index is 13.5. The van der Waals surface area contributed by atoms with Gasteiger partial charge in [0.25, 0.3) is 5.91 Å². The molecule has 1 aliphatic carbocycles. The van der Waals surface area contributed by atoms with Gasteiger partial charge in [-0.15, -0.1) is 11.3 Å². The van der Waals surface area contributed by atoms with Crippen LogP contribution < -0.4 is 10.1 Å². The van der Waals surface area contributed by atoms with Crippen LogP contribution in [0.4, 0.5) is 0 Å². The van der Waals surface area contributed by atoms with Gasteiger partial charge in [0, 0.05) is 47.2 Å². The van der Waals surface area contributed by atoms with Crippen LogP contribution in [0.25, 0.3) is 10.9 Å². The molecule has 0 spiro atoms. The average Bonchev–Trinajstić information content (AvgIpc) is 3.39. The molecule has 7 heteroatoms. The summed E-state index contributed by atoms with van der Waals surface area (Å²) in [6.45, 7) is 5.90. The Morgan fingerprint density at radius 2 is 2.10 bits per heavy atom. The van der Waals surface area contributed by atoms with Crippen LogP contribution in [0.15, 0.2) is 35.7 Å². The first kappa shape index (κ1) is 20.5. The van der Waals surface area contributed by atoms with Crippen LogP contribution >= 0.6 is 11.3 Å². The number of aromatic nitrogens is 1. The second-order valence-corrected chi connectivity index (χ2v) is 9.31. The van der Waals surface area contributed by atoms with Crippen molar-refractivity contribution in [3.05, 3.63) is 51.8 Å². The van der Waals surface area contributed by atoms with E-state index in [4.69, 9.17) is 9.47 Å². The molecule has 31 heavy (non-hydrogen) atoms. The normalized spacial score (nSPS) is 18.3. The van der Waals surface area contributed by atoms with Gasteiger partial charge in [0.05, 0.1) is 31.9 Å². The minimum Gasteiger partial charge on any atom is -0.497 e. The molecule has 5 rings (SSSR count). The summed E-state index contributed by atoms with van der Waals surface area (Å²) in [6.07, 6.45) is 2.35. The van der Waals surface area contributed by atoms with Gasteiger partial charge in [-0.2, -0.15) is 0 Å². The first-order valence-corrected chi connectivity index (χ1v) is 11.9. The van der Waals surface area contributed by atoms with Crippen LogP contribution in [0.2, 0.25) is 0 Å². The van der Waals surface area contributed by atoms with Gasteiger partial charge >= 0.3 is 0 Å². The van der Waals surface area contributed by atoms with Crippen molar-refractivity contribution >= 4 is 28.1 Å². The van der Waals surface area contributed by atoms with Gasteiger partial charge in [-0.25, -0.2) is 0 Å². The molecule has 1 amide bonds. The maximum Gasteiger partial charge on any atom is 0.253 e. The van der Waals surface area contributed by atoms with Gasteiger partial charge in [0.1, 0.15) is 5.75 Å². The van der Waals surface area contributed by atoms with E-state index in [1.54, 1.807) is 18.4 Å². The number of hydrogen-bond donors (Lipinski definition) is 1. The third-order valence-electron chi connectivity index (χ3n) is 6.41. The van der Waals surface area contributed by atoms with E-state index in [0.29, 0.717) is 12.6 Å². The van der Waals surface area contributed by atoms with Crippen molar-refractivity contribution in [1.82, 2.24) is 14.8 Å². The zero-order valence-corrected chi connectivity index (χ0v) is 18.9. The molecule has 2 aliphatic rings. The van der Waals surface area contributed by atoms with Gasteiger partial charge in [0.15, 0.2) is 0 Å². The number of amides is 1. The second-order valence-electron chi connectivity index (χ2n) is 8.33. The Morgan fingerprint density at radius 3 is 2.77 bits per heavy atom. The number of nitrogens with one attached hydrogen (secondary N) is 1. The highest BCUT2D eigenvalue weighted by molar-refractivity contribution is 7.10. The van der Waals surface area contributed by atoms with Crippen molar-refractivity contribution in [3.8, 4) is 5.75 Å². The first-order chi connectivity index (χ1) is 15.2. The summed E-state index contributed by atoms with van der Waals surface area (Å²) in [5.74, 6) is 0.768. The number of rotatable bonds is 7. The van der Waals surface area contributed by atoms with E-state index in [1.807, 2.05) is 12.1 Å². The molecule has 3 aromatic rings. The van der Waals surface area contributed by atoms with Crippen molar-refractivity contribution in [3.63, 3.8) is 0 Å². The molecular weight excluding hydrogens is 410 g/mol. The molecular formula is C24H29N3O3S. The van der Waals surface area contributed by atoms with Crippen molar-refractivity contribution in [2.24, 2.45) is 0 Å². The van der Waals surface area contributed by atoms with Crippen molar-refractivity contribution in [2.75, 3.05) is 40.0 Å². The summed E-state index contributed by atoms with van der Waals surface area (Å²) in [5, 5.41) is 6.33. The lowest BCUT2D eigenvalue weighted by atomic mass is 10.1. The number of carbonyl (C=O) groups is 1. The third-order valence-corrected chi connectivity index (χ3v) is 7.38. The Bertz CT molecular complexity index is 1070. The summed E-state index contributed by atoms with van der Waals surface area (Å²) in [4.78, 5) is 17.2. The van der Waals surface area contributed by atoms with E-state index in [1.165, 1.54) is 17.7 Å². The molecule has 0 bridgehead atoms. The molecule has 1 atom stereocenters. The number of hydrogen-bond acceptors (Lipinski definition) is 5. The quantitative estimate of drug-likeness (QED) is 0.601. The van der Waals surface area contributed by atoms with Crippen molar-refractivity contribution in [2.45, 2.75) is 31.8 Å². The number of thiophene rings is 1. The van der Waals surface area contributed by atoms with Gasteiger partial charge < -0.3 is 19.4 Å². The van der Waals surface area contributed by atoms with Crippen LogP contribution in [-0.4, -0.2) is 55.3 Å². The minimum atomic E-state index is -0.00929. The lowest BCUT2D eigenvalue weighted by molar-refractivity contribution is 0.0169. The van der Waals surface area contributed by atoms with Crippen LogP contribution in [0.3, 0.4) is 0 Å². The highest BCUT2D eigenvalue weighted by Crippen LogP contribution is 2.42. The van der Waals surface area contributed by atoms with Crippen LogP contribution in [0.5, 0.6) is 5.75 Å². The Morgan fingerprint density at radius 1 is 1.29 bits per heavy atom. The Labute approximate surface area is 186 Å². The van der Waals surface area contributed by atoms with E-state index in [0.717, 1.165) is 54.2 Å². The molecule has 1 saturated heterocycles. The zero-order valence-electron chi connectivity index (χ0n) is 18.1. The van der Waals surface area contributed by atoms with Crippen LogP contribution in [-0.2, 0) is 4.74 Å². The number of nitrogens with zero attached hydrogens (tertiary/aromatic N) is 2. The Hall–Kier alpha value is -2.35. The smallest absolute Gasteiger partial charge is 0.253 e. The van der Waals surface area contributed by atoms with E-state index >= 15 is 0 Å². The molecule has 0 unspecified atom stereocenters.